The maximum absolute atomic E-state index is 13.4. The predicted molar refractivity (Wildman–Crippen MR) is 80.0 cm³/mol. The molecule has 2 unspecified atom stereocenters. The second kappa shape index (κ2) is 5.37. The van der Waals surface area contributed by atoms with E-state index in [0.29, 0.717) is 5.92 Å². The van der Waals surface area contributed by atoms with E-state index in [9.17, 15) is 4.39 Å². The fourth-order valence-electron chi connectivity index (χ4n) is 3.23. The number of halogens is 1. The van der Waals surface area contributed by atoms with Gasteiger partial charge in [-0.3, -0.25) is 0 Å². The summed E-state index contributed by atoms with van der Waals surface area (Å²) in [6.07, 6.45) is 3.01. The average Bonchev–Trinajstić information content (AvgIpc) is 2.46. The molecule has 0 bridgehead atoms. The molecule has 2 aromatic carbocycles. The van der Waals surface area contributed by atoms with Crippen LogP contribution in [0, 0.1) is 18.7 Å². The van der Waals surface area contributed by atoms with Crippen molar-refractivity contribution in [1.82, 2.24) is 0 Å². The van der Waals surface area contributed by atoms with E-state index in [4.69, 9.17) is 5.73 Å². The normalized spacial score (nSPS) is 21.6. The molecule has 1 nitrogen and oxygen atoms in total. The van der Waals surface area contributed by atoms with Crippen LogP contribution in [0.2, 0.25) is 0 Å². The molecular weight excluding hydrogens is 249 g/mol. The molecule has 1 aliphatic rings. The van der Waals surface area contributed by atoms with Gasteiger partial charge in [-0.2, -0.15) is 0 Å². The van der Waals surface area contributed by atoms with E-state index >= 15 is 0 Å². The van der Waals surface area contributed by atoms with Crippen molar-refractivity contribution in [2.45, 2.75) is 32.2 Å². The summed E-state index contributed by atoms with van der Waals surface area (Å²) in [6, 6.07) is 13.5. The molecule has 0 saturated heterocycles. The molecule has 0 heterocycles. The third kappa shape index (κ3) is 2.48. The van der Waals surface area contributed by atoms with Gasteiger partial charge in [0, 0.05) is 6.04 Å². The molecule has 104 valence electrons. The van der Waals surface area contributed by atoms with Gasteiger partial charge in [0.15, 0.2) is 0 Å². The van der Waals surface area contributed by atoms with Gasteiger partial charge in [0.25, 0.3) is 0 Å². The van der Waals surface area contributed by atoms with Crippen molar-refractivity contribution < 1.29 is 4.39 Å². The molecule has 2 atom stereocenters. The largest absolute Gasteiger partial charge is 0.324 e. The van der Waals surface area contributed by atoms with Crippen LogP contribution in [0.1, 0.15) is 34.7 Å². The minimum atomic E-state index is -0.157. The highest BCUT2D eigenvalue weighted by molar-refractivity contribution is 5.34. The van der Waals surface area contributed by atoms with Gasteiger partial charge in [-0.1, -0.05) is 30.3 Å². The van der Waals surface area contributed by atoms with Crippen molar-refractivity contribution in [3.63, 3.8) is 0 Å². The molecule has 0 aliphatic heterocycles. The van der Waals surface area contributed by atoms with Gasteiger partial charge in [0.05, 0.1) is 0 Å². The lowest BCUT2D eigenvalue weighted by Gasteiger charge is -2.31. The maximum atomic E-state index is 13.4. The van der Waals surface area contributed by atoms with Crippen LogP contribution in [-0.2, 0) is 12.8 Å². The number of fused-ring (bicyclic) bond motifs is 1. The highest BCUT2D eigenvalue weighted by atomic mass is 19.1. The minimum Gasteiger partial charge on any atom is -0.324 e. The Labute approximate surface area is 119 Å². The quantitative estimate of drug-likeness (QED) is 0.878. The molecule has 2 heteroatoms. The summed E-state index contributed by atoms with van der Waals surface area (Å²) in [7, 11) is 0. The second-order valence-corrected chi connectivity index (χ2v) is 5.80. The van der Waals surface area contributed by atoms with E-state index in [1.165, 1.54) is 17.2 Å². The molecule has 2 N–H and O–H groups in total. The average molecular weight is 269 g/mol. The summed E-state index contributed by atoms with van der Waals surface area (Å²) in [5.41, 5.74) is 11.3. The molecule has 2 aromatic rings. The lowest BCUT2D eigenvalue weighted by molar-refractivity contribution is 0.375. The van der Waals surface area contributed by atoms with Gasteiger partial charge < -0.3 is 5.73 Å². The Kier molecular flexibility index (Phi) is 3.58. The van der Waals surface area contributed by atoms with E-state index < -0.39 is 0 Å². The molecule has 0 radical (unpaired) electrons. The molecule has 0 aromatic heterocycles. The van der Waals surface area contributed by atoms with Crippen LogP contribution in [0.25, 0.3) is 0 Å². The molecule has 1 aliphatic carbocycles. The fourth-order valence-corrected chi connectivity index (χ4v) is 3.23. The Hall–Kier alpha value is -1.67. The van der Waals surface area contributed by atoms with Crippen molar-refractivity contribution >= 4 is 0 Å². The number of benzene rings is 2. The van der Waals surface area contributed by atoms with Crippen molar-refractivity contribution in [2.24, 2.45) is 11.7 Å². The van der Waals surface area contributed by atoms with Crippen molar-refractivity contribution in [1.29, 1.82) is 0 Å². The number of hydrogen-bond acceptors (Lipinski definition) is 1. The highest BCUT2D eigenvalue weighted by Crippen LogP contribution is 2.35. The molecule has 0 fully saturated rings. The summed E-state index contributed by atoms with van der Waals surface area (Å²) in [4.78, 5) is 0. The number of hydrogen-bond donors (Lipinski definition) is 1. The molecule has 20 heavy (non-hydrogen) atoms. The van der Waals surface area contributed by atoms with Crippen LogP contribution in [0.3, 0.4) is 0 Å². The number of nitrogens with two attached hydrogens (primary N) is 1. The van der Waals surface area contributed by atoms with Gasteiger partial charge in [-0.15, -0.1) is 0 Å². The van der Waals surface area contributed by atoms with E-state index in [1.54, 1.807) is 6.07 Å². The summed E-state index contributed by atoms with van der Waals surface area (Å²) < 4.78 is 13.4. The smallest absolute Gasteiger partial charge is 0.123 e. The van der Waals surface area contributed by atoms with Crippen molar-refractivity contribution in [3.8, 4) is 0 Å². The Morgan fingerprint density at radius 1 is 1.20 bits per heavy atom. The zero-order valence-corrected chi connectivity index (χ0v) is 11.8. The van der Waals surface area contributed by atoms with Crippen molar-refractivity contribution in [3.05, 3.63) is 70.5 Å². The van der Waals surface area contributed by atoms with E-state index in [0.717, 1.165) is 30.4 Å². The first-order valence-corrected chi connectivity index (χ1v) is 7.23. The zero-order chi connectivity index (χ0) is 14.1. The first kappa shape index (κ1) is 13.3. The Morgan fingerprint density at radius 2 is 2.00 bits per heavy atom. The van der Waals surface area contributed by atoms with Crippen molar-refractivity contribution in [2.75, 3.05) is 0 Å². The number of aryl methyl sites for hydroxylation is 2. The SMILES string of the molecule is Cc1ccc(F)cc1CC1CCc2ccccc2C1N. The van der Waals surface area contributed by atoms with Crippen LogP contribution in [0.15, 0.2) is 42.5 Å². The van der Waals surface area contributed by atoms with E-state index in [1.807, 2.05) is 13.0 Å². The van der Waals surface area contributed by atoms with Gasteiger partial charge in [0.1, 0.15) is 5.82 Å². The summed E-state index contributed by atoms with van der Waals surface area (Å²) in [6.45, 7) is 2.04. The summed E-state index contributed by atoms with van der Waals surface area (Å²) >= 11 is 0. The third-order valence-corrected chi connectivity index (χ3v) is 4.50. The van der Waals surface area contributed by atoms with Gasteiger partial charge in [0.2, 0.25) is 0 Å². The van der Waals surface area contributed by atoms with E-state index in [2.05, 4.69) is 24.3 Å². The highest BCUT2D eigenvalue weighted by Gasteiger charge is 2.26. The summed E-state index contributed by atoms with van der Waals surface area (Å²) in [5, 5.41) is 0. The maximum Gasteiger partial charge on any atom is 0.123 e. The molecule has 0 amide bonds. The van der Waals surface area contributed by atoms with Gasteiger partial charge in [-0.25, -0.2) is 4.39 Å². The van der Waals surface area contributed by atoms with Crippen LogP contribution in [0.5, 0.6) is 0 Å². The first-order valence-electron chi connectivity index (χ1n) is 7.23. The topological polar surface area (TPSA) is 26.0 Å². The Bertz CT molecular complexity index is 621. The second-order valence-electron chi connectivity index (χ2n) is 5.80. The van der Waals surface area contributed by atoms with Gasteiger partial charge >= 0.3 is 0 Å². The molecule has 0 saturated carbocycles. The van der Waals surface area contributed by atoms with Gasteiger partial charge in [-0.05, 0) is 66.5 Å². The zero-order valence-electron chi connectivity index (χ0n) is 11.8. The molecule has 0 spiro atoms. The van der Waals surface area contributed by atoms with Crippen LogP contribution in [0.4, 0.5) is 4.39 Å². The third-order valence-electron chi connectivity index (χ3n) is 4.50. The first-order chi connectivity index (χ1) is 9.65. The van der Waals surface area contributed by atoms with Crippen LogP contribution in [-0.4, -0.2) is 0 Å². The Balaban J connectivity index is 1.84. The lowest BCUT2D eigenvalue weighted by atomic mass is 9.77. The molecular formula is C18H20FN. The standard InChI is InChI=1S/C18H20FN/c1-12-6-9-16(19)11-15(12)10-14-8-7-13-4-2-3-5-17(13)18(14)20/h2-6,9,11,14,18H,7-8,10,20H2,1H3. The molecule has 3 rings (SSSR count). The number of rotatable bonds is 2. The fraction of sp³-hybridized carbons (Fsp3) is 0.333. The van der Waals surface area contributed by atoms with Crippen LogP contribution >= 0.6 is 0 Å². The monoisotopic (exact) mass is 269 g/mol. The minimum absolute atomic E-state index is 0.0580. The lowest BCUT2D eigenvalue weighted by Crippen LogP contribution is -2.29. The predicted octanol–water partition coefficient (Wildman–Crippen LogP) is 3.94. The van der Waals surface area contributed by atoms with Crippen LogP contribution < -0.4 is 5.73 Å². The summed E-state index contributed by atoms with van der Waals surface area (Å²) in [5.74, 6) is 0.237. The Morgan fingerprint density at radius 3 is 2.85 bits per heavy atom. The van der Waals surface area contributed by atoms with E-state index in [-0.39, 0.29) is 11.9 Å².